The molecule has 1 unspecified atom stereocenters. The van der Waals surface area contributed by atoms with Crippen molar-refractivity contribution < 1.29 is 14.5 Å². The maximum absolute atomic E-state index is 13.0. The molecule has 156 valence electrons. The van der Waals surface area contributed by atoms with Crippen LogP contribution in [0.15, 0.2) is 48.5 Å². The number of amides is 2. The van der Waals surface area contributed by atoms with Crippen LogP contribution in [0.4, 0.5) is 17.1 Å². The van der Waals surface area contributed by atoms with Crippen molar-refractivity contribution in [2.75, 3.05) is 42.5 Å². The summed E-state index contributed by atoms with van der Waals surface area (Å²) in [6.07, 6.45) is 0.187. The molecule has 4 rings (SSSR count). The molecule has 2 fully saturated rings. The molecule has 2 aliphatic heterocycles. The third kappa shape index (κ3) is 3.95. The number of carbonyl (C=O) groups is 2. The zero-order chi connectivity index (χ0) is 21.3. The molecule has 8 nitrogen and oxygen atoms in total. The van der Waals surface area contributed by atoms with Crippen LogP contribution in [0.1, 0.15) is 6.42 Å². The molecule has 2 saturated heterocycles. The molecule has 2 aromatic rings. The first-order chi connectivity index (χ1) is 14.4. The minimum Gasteiger partial charge on any atom is -0.368 e. The second-order valence-electron chi connectivity index (χ2n) is 7.44. The molecule has 1 atom stereocenters. The lowest BCUT2D eigenvalue weighted by molar-refractivity contribution is -0.384. The normalized spacial score (nSPS) is 19.3. The summed E-state index contributed by atoms with van der Waals surface area (Å²) in [7, 11) is 0. The van der Waals surface area contributed by atoms with E-state index in [4.69, 9.17) is 11.6 Å². The van der Waals surface area contributed by atoms with E-state index in [0.29, 0.717) is 43.4 Å². The topological polar surface area (TPSA) is 87.0 Å². The molecule has 2 amide bonds. The maximum atomic E-state index is 13.0. The molecule has 2 heterocycles. The molecule has 9 heteroatoms. The SMILES string of the molecule is O=C(C1CC(=O)N(c2ccccc2Cl)C1)N1CCN(c2ccc([N+](=O)[O-])cc2)CC1. The van der Waals surface area contributed by atoms with Gasteiger partial charge in [0, 0.05) is 57.0 Å². The number of nitrogens with zero attached hydrogens (tertiary/aromatic N) is 4. The lowest BCUT2D eigenvalue weighted by Gasteiger charge is -2.37. The Bertz CT molecular complexity index is 973. The van der Waals surface area contributed by atoms with Gasteiger partial charge in [0.2, 0.25) is 11.8 Å². The first-order valence-electron chi connectivity index (χ1n) is 9.77. The zero-order valence-electron chi connectivity index (χ0n) is 16.2. The molecule has 2 aromatic carbocycles. The second kappa shape index (κ2) is 8.31. The third-order valence-corrected chi connectivity index (χ3v) is 5.95. The largest absolute Gasteiger partial charge is 0.368 e. The fourth-order valence-electron chi connectivity index (χ4n) is 4.00. The highest BCUT2D eigenvalue weighted by Gasteiger charge is 2.38. The number of hydrogen-bond acceptors (Lipinski definition) is 5. The zero-order valence-corrected chi connectivity index (χ0v) is 17.0. The van der Waals surface area contributed by atoms with Crippen molar-refractivity contribution in [3.05, 3.63) is 63.7 Å². The van der Waals surface area contributed by atoms with Gasteiger partial charge in [-0.1, -0.05) is 23.7 Å². The number of anilines is 2. The smallest absolute Gasteiger partial charge is 0.269 e. The summed E-state index contributed by atoms with van der Waals surface area (Å²) in [5, 5.41) is 11.3. The van der Waals surface area contributed by atoms with Gasteiger partial charge in [0.25, 0.3) is 5.69 Å². The van der Waals surface area contributed by atoms with Crippen LogP contribution in [0, 0.1) is 16.0 Å². The van der Waals surface area contributed by atoms with E-state index < -0.39 is 4.92 Å². The van der Waals surface area contributed by atoms with Crippen molar-refractivity contribution >= 4 is 40.5 Å². The molecule has 0 N–H and O–H groups in total. The van der Waals surface area contributed by atoms with Gasteiger partial charge in [0.1, 0.15) is 0 Å². The van der Waals surface area contributed by atoms with Gasteiger partial charge < -0.3 is 14.7 Å². The number of nitro groups is 1. The quantitative estimate of drug-likeness (QED) is 0.552. The Hall–Kier alpha value is -3.13. The highest BCUT2D eigenvalue weighted by Crippen LogP contribution is 2.32. The lowest BCUT2D eigenvalue weighted by Crippen LogP contribution is -2.50. The first-order valence-corrected chi connectivity index (χ1v) is 10.1. The predicted octanol–water partition coefficient (Wildman–Crippen LogP) is 2.95. The standard InChI is InChI=1S/C21H21ClN4O4/c22-18-3-1-2-4-19(18)25-14-15(13-20(25)27)21(28)24-11-9-23(10-12-24)16-5-7-17(8-6-16)26(29)30/h1-8,15H,9-14H2. The van der Waals surface area contributed by atoms with Crippen LogP contribution in [0.25, 0.3) is 0 Å². The van der Waals surface area contributed by atoms with E-state index in [-0.39, 0.29) is 29.8 Å². The van der Waals surface area contributed by atoms with E-state index in [1.54, 1.807) is 40.1 Å². The average Bonchev–Trinajstić information content (AvgIpc) is 3.15. The molecular weight excluding hydrogens is 408 g/mol. The summed E-state index contributed by atoms with van der Waals surface area (Å²) in [6.45, 7) is 2.71. The molecular formula is C21H21ClN4O4. The number of halogens is 1. The molecule has 0 bridgehead atoms. The third-order valence-electron chi connectivity index (χ3n) is 5.63. The van der Waals surface area contributed by atoms with Crippen molar-refractivity contribution in [2.24, 2.45) is 5.92 Å². The van der Waals surface area contributed by atoms with E-state index in [1.165, 1.54) is 12.1 Å². The number of carbonyl (C=O) groups excluding carboxylic acids is 2. The van der Waals surface area contributed by atoms with Gasteiger partial charge in [-0.05, 0) is 24.3 Å². The number of piperazine rings is 1. The van der Waals surface area contributed by atoms with Gasteiger partial charge in [-0.15, -0.1) is 0 Å². The van der Waals surface area contributed by atoms with Crippen molar-refractivity contribution in [3.63, 3.8) is 0 Å². The van der Waals surface area contributed by atoms with Crippen LogP contribution < -0.4 is 9.80 Å². The number of nitro benzene ring substituents is 1. The second-order valence-corrected chi connectivity index (χ2v) is 7.85. The monoisotopic (exact) mass is 428 g/mol. The van der Waals surface area contributed by atoms with Gasteiger partial charge in [-0.25, -0.2) is 0 Å². The van der Waals surface area contributed by atoms with E-state index in [0.717, 1.165) is 5.69 Å². The van der Waals surface area contributed by atoms with Gasteiger partial charge in [-0.3, -0.25) is 19.7 Å². The summed E-state index contributed by atoms with van der Waals surface area (Å²) >= 11 is 6.21. The molecule has 0 aliphatic carbocycles. The first kappa shape index (κ1) is 20.2. The maximum Gasteiger partial charge on any atom is 0.269 e. The molecule has 0 aromatic heterocycles. The molecule has 0 spiro atoms. The van der Waals surface area contributed by atoms with E-state index in [1.807, 2.05) is 6.07 Å². The fourth-order valence-corrected chi connectivity index (χ4v) is 4.24. The Morgan fingerprint density at radius 3 is 2.33 bits per heavy atom. The minimum absolute atomic E-state index is 0.0127. The van der Waals surface area contributed by atoms with Gasteiger partial charge >= 0.3 is 0 Å². The van der Waals surface area contributed by atoms with E-state index in [2.05, 4.69) is 4.90 Å². The summed E-state index contributed by atoms with van der Waals surface area (Å²) in [5.41, 5.74) is 1.60. The van der Waals surface area contributed by atoms with Gasteiger partial charge in [0.15, 0.2) is 0 Å². The van der Waals surface area contributed by atoms with Crippen LogP contribution >= 0.6 is 11.6 Å². The Morgan fingerprint density at radius 1 is 1.03 bits per heavy atom. The molecule has 0 saturated carbocycles. The van der Waals surface area contributed by atoms with Crippen LogP contribution in [0.5, 0.6) is 0 Å². The van der Waals surface area contributed by atoms with Crippen molar-refractivity contribution in [3.8, 4) is 0 Å². The Labute approximate surface area is 178 Å². The lowest BCUT2D eigenvalue weighted by atomic mass is 10.1. The molecule has 2 aliphatic rings. The number of rotatable bonds is 4. The summed E-state index contributed by atoms with van der Waals surface area (Å²) < 4.78 is 0. The highest BCUT2D eigenvalue weighted by atomic mass is 35.5. The Balaban J connectivity index is 1.36. The number of hydrogen-bond donors (Lipinski definition) is 0. The van der Waals surface area contributed by atoms with Crippen molar-refractivity contribution in [1.82, 2.24) is 4.90 Å². The fraction of sp³-hybridized carbons (Fsp3) is 0.333. The van der Waals surface area contributed by atoms with Crippen LogP contribution in [-0.2, 0) is 9.59 Å². The minimum atomic E-state index is -0.421. The summed E-state index contributed by atoms with van der Waals surface area (Å²) in [4.78, 5) is 41.3. The number of non-ortho nitro benzene ring substituents is 1. The summed E-state index contributed by atoms with van der Waals surface area (Å²) in [5.74, 6) is -0.480. The van der Waals surface area contributed by atoms with Crippen molar-refractivity contribution in [1.29, 1.82) is 0 Å². The molecule has 30 heavy (non-hydrogen) atoms. The average molecular weight is 429 g/mol. The Kier molecular flexibility index (Phi) is 5.59. The van der Waals surface area contributed by atoms with Crippen LogP contribution in [0.2, 0.25) is 5.02 Å². The highest BCUT2D eigenvalue weighted by molar-refractivity contribution is 6.33. The van der Waals surface area contributed by atoms with Crippen LogP contribution in [-0.4, -0.2) is 54.4 Å². The predicted molar refractivity (Wildman–Crippen MR) is 114 cm³/mol. The van der Waals surface area contributed by atoms with Gasteiger partial charge in [-0.2, -0.15) is 0 Å². The molecule has 0 radical (unpaired) electrons. The van der Waals surface area contributed by atoms with E-state index in [9.17, 15) is 19.7 Å². The number of para-hydroxylation sites is 1. The van der Waals surface area contributed by atoms with Crippen molar-refractivity contribution in [2.45, 2.75) is 6.42 Å². The number of benzene rings is 2. The van der Waals surface area contributed by atoms with Crippen LogP contribution in [0.3, 0.4) is 0 Å². The van der Waals surface area contributed by atoms with Gasteiger partial charge in [0.05, 0.1) is 21.6 Å². The Morgan fingerprint density at radius 2 is 1.70 bits per heavy atom. The summed E-state index contributed by atoms with van der Waals surface area (Å²) in [6, 6.07) is 13.6. The van der Waals surface area contributed by atoms with E-state index >= 15 is 0 Å².